The van der Waals surface area contributed by atoms with Crippen LogP contribution in [0.2, 0.25) is 0 Å². The van der Waals surface area contributed by atoms with Crippen molar-refractivity contribution >= 4 is 6.29 Å². The van der Waals surface area contributed by atoms with E-state index in [1.54, 1.807) is 0 Å². The first kappa shape index (κ1) is 6.67. The van der Waals surface area contributed by atoms with Crippen LogP contribution in [-0.2, 0) is 0 Å². The van der Waals surface area contributed by atoms with Gasteiger partial charge in [-0.05, 0) is 12.1 Å². The van der Waals surface area contributed by atoms with E-state index < -0.39 is 0 Å². The van der Waals surface area contributed by atoms with Gasteiger partial charge in [0.05, 0.1) is 6.20 Å². The summed E-state index contributed by atoms with van der Waals surface area (Å²) in [5, 5.41) is 0. The molecule has 0 aliphatic rings. The Morgan fingerprint density at radius 2 is 2.40 bits per heavy atom. The van der Waals surface area contributed by atoms with E-state index >= 15 is 0 Å². The Balaban J connectivity index is 2.90. The average molecular weight is 141 g/mol. The summed E-state index contributed by atoms with van der Waals surface area (Å²) < 4.78 is 11.3. The molecule has 1 rings (SSSR count). The third kappa shape index (κ3) is 1.28. The van der Waals surface area contributed by atoms with E-state index in [-0.39, 0.29) is 11.4 Å². The summed E-state index contributed by atoms with van der Waals surface area (Å²) in [6.07, 6.45) is 1.70. The lowest BCUT2D eigenvalue weighted by molar-refractivity contribution is -0.00665. The highest BCUT2D eigenvalue weighted by atomic mass is 19.3. The van der Waals surface area contributed by atoms with E-state index in [1.807, 2.05) is 0 Å². The number of aldehydes is 1. The molecular weight excluding hydrogens is 137 g/mol. The lowest BCUT2D eigenvalue weighted by Gasteiger charge is -1.90. The van der Waals surface area contributed by atoms with Crippen LogP contribution in [0.15, 0.2) is 18.3 Å². The van der Waals surface area contributed by atoms with Gasteiger partial charge in [0, 0.05) is 4.53 Å². The first-order valence-electron chi connectivity index (χ1n) is 2.56. The van der Waals surface area contributed by atoms with Crippen molar-refractivity contribution in [2.75, 3.05) is 0 Å². The molecule has 0 fully saturated rings. The zero-order valence-corrected chi connectivity index (χ0v) is 4.95. The quantitative estimate of drug-likeness (QED) is 0.580. The Kier molecular flexibility index (Phi) is 1.94. The van der Waals surface area contributed by atoms with Crippen LogP contribution in [0.3, 0.4) is 0 Å². The maximum Gasteiger partial charge on any atom is 0.190 e. The SMILES string of the molecule is O=Cc1ccc(OF)cn1. The highest BCUT2D eigenvalue weighted by Gasteiger charge is 1.93. The van der Waals surface area contributed by atoms with Gasteiger partial charge in [0.1, 0.15) is 5.69 Å². The van der Waals surface area contributed by atoms with E-state index in [2.05, 4.69) is 9.93 Å². The van der Waals surface area contributed by atoms with E-state index in [9.17, 15) is 9.32 Å². The van der Waals surface area contributed by atoms with Crippen LogP contribution in [0.25, 0.3) is 0 Å². The van der Waals surface area contributed by atoms with Crippen LogP contribution < -0.4 is 4.94 Å². The summed E-state index contributed by atoms with van der Waals surface area (Å²) in [6.45, 7) is 0. The molecule has 0 aliphatic carbocycles. The predicted molar refractivity (Wildman–Crippen MR) is 31.4 cm³/mol. The van der Waals surface area contributed by atoms with Gasteiger partial charge in [-0.15, -0.1) is 0 Å². The van der Waals surface area contributed by atoms with Crippen molar-refractivity contribution in [2.45, 2.75) is 0 Å². The number of halogens is 1. The number of hydrogen-bond donors (Lipinski definition) is 0. The second-order valence-corrected chi connectivity index (χ2v) is 1.61. The van der Waals surface area contributed by atoms with Crippen LogP contribution in [0, 0.1) is 0 Å². The monoisotopic (exact) mass is 141 g/mol. The van der Waals surface area contributed by atoms with Crippen LogP contribution >= 0.6 is 0 Å². The maximum absolute atomic E-state index is 11.3. The second kappa shape index (κ2) is 2.91. The number of aromatic nitrogens is 1. The Labute approximate surface area is 56.4 Å². The fourth-order valence-electron chi connectivity index (χ4n) is 0.507. The number of pyridine rings is 1. The molecule has 52 valence electrons. The largest absolute Gasteiger partial charge is 0.296 e. The molecule has 1 heterocycles. The van der Waals surface area contributed by atoms with Crippen molar-refractivity contribution < 1.29 is 14.3 Å². The first-order chi connectivity index (χ1) is 4.86. The maximum atomic E-state index is 11.3. The van der Waals surface area contributed by atoms with Gasteiger partial charge in [0.15, 0.2) is 12.0 Å². The van der Waals surface area contributed by atoms with Crippen LogP contribution in [0.4, 0.5) is 4.53 Å². The summed E-state index contributed by atoms with van der Waals surface area (Å²) in [5.74, 6) is -0.00870. The molecule has 0 aliphatic heterocycles. The summed E-state index contributed by atoms with van der Waals surface area (Å²) in [6, 6.07) is 2.68. The van der Waals surface area contributed by atoms with Gasteiger partial charge >= 0.3 is 0 Å². The van der Waals surface area contributed by atoms with Crippen LogP contribution in [-0.4, -0.2) is 11.3 Å². The van der Waals surface area contributed by atoms with Crippen molar-refractivity contribution in [3.63, 3.8) is 0 Å². The molecule has 0 saturated heterocycles. The van der Waals surface area contributed by atoms with Gasteiger partial charge < -0.3 is 0 Å². The Bertz CT molecular complexity index is 222. The number of rotatable bonds is 2. The average Bonchev–Trinajstić information content (AvgIpc) is 2.05. The molecule has 0 N–H and O–H groups in total. The normalized spacial score (nSPS) is 8.90. The lowest BCUT2D eigenvalue weighted by atomic mass is 10.4. The lowest BCUT2D eigenvalue weighted by Crippen LogP contribution is -1.85. The third-order valence-corrected chi connectivity index (χ3v) is 0.969. The number of carbonyl (C=O) groups is 1. The first-order valence-corrected chi connectivity index (χ1v) is 2.56. The summed E-state index contributed by atoms with van der Waals surface area (Å²) in [5.41, 5.74) is 0.251. The van der Waals surface area contributed by atoms with Gasteiger partial charge in [-0.1, -0.05) is 0 Å². The Morgan fingerprint density at radius 1 is 1.60 bits per heavy atom. The predicted octanol–water partition coefficient (Wildman–Crippen LogP) is 1.16. The zero-order valence-electron chi connectivity index (χ0n) is 4.95. The summed E-state index contributed by atoms with van der Waals surface area (Å²) >= 11 is 0. The van der Waals surface area contributed by atoms with E-state index in [1.165, 1.54) is 12.1 Å². The molecule has 10 heavy (non-hydrogen) atoms. The molecule has 0 spiro atoms. The molecule has 0 bridgehead atoms. The molecule has 1 aromatic heterocycles. The van der Waals surface area contributed by atoms with Gasteiger partial charge in [0.2, 0.25) is 0 Å². The fraction of sp³-hybridized carbons (Fsp3) is 0. The minimum absolute atomic E-state index is 0.00870. The van der Waals surface area contributed by atoms with E-state index in [0.717, 1.165) is 6.20 Å². The van der Waals surface area contributed by atoms with Crippen molar-refractivity contribution in [1.82, 2.24) is 4.98 Å². The zero-order chi connectivity index (χ0) is 7.40. The van der Waals surface area contributed by atoms with Crippen molar-refractivity contribution in [3.8, 4) is 5.75 Å². The van der Waals surface area contributed by atoms with Gasteiger partial charge in [-0.2, -0.15) is 0 Å². The standard InChI is InChI=1S/C6H4FNO2/c7-10-6-2-1-5(4-9)8-3-6/h1-4H. The van der Waals surface area contributed by atoms with Crippen LogP contribution in [0.5, 0.6) is 5.75 Å². The Morgan fingerprint density at radius 3 is 2.80 bits per heavy atom. The van der Waals surface area contributed by atoms with Gasteiger partial charge in [-0.3, -0.25) is 9.74 Å². The highest BCUT2D eigenvalue weighted by molar-refractivity contribution is 5.71. The molecule has 0 atom stereocenters. The van der Waals surface area contributed by atoms with E-state index in [0.29, 0.717) is 6.29 Å². The molecule has 0 saturated carbocycles. The second-order valence-electron chi connectivity index (χ2n) is 1.61. The van der Waals surface area contributed by atoms with E-state index in [4.69, 9.17) is 0 Å². The van der Waals surface area contributed by atoms with Gasteiger partial charge in [-0.25, -0.2) is 4.98 Å². The number of carbonyl (C=O) groups excluding carboxylic acids is 1. The van der Waals surface area contributed by atoms with Crippen molar-refractivity contribution in [3.05, 3.63) is 24.0 Å². The molecule has 1 aromatic rings. The molecular formula is C6H4FNO2. The molecule has 3 nitrogen and oxygen atoms in total. The van der Waals surface area contributed by atoms with Crippen molar-refractivity contribution in [2.24, 2.45) is 0 Å². The van der Waals surface area contributed by atoms with Gasteiger partial charge in [0.25, 0.3) is 0 Å². The molecule has 0 unspecified atom stereocenters. The van der Waals surface area contributed by atoms with Crippen LogP contribution in [0.1, 0.15) is 10.5 Å². The molecule has 4 heteroatoms. The summed E-state index contributed by atoms with van der Waals surface area (Å²) in [7, 11) is 0. The summed E-state index contributed by atoms with van der Waals surface area (Å²) in [4.78, 5) is 16.9. The van der Waals surface area contributed by atoms with Crippen molar-refractivity contribution in [1.29, 1.82) is 0 Å². The topological polar surface area (TPSA) is 39.2 Å². The number of hydrogen-bond acceptors (Lipinski definition) is 3. The third-order valence-electron chi connectivity index (χ3n) is 0.969. The highest BCUT2D eigenvalue weighted by Crippen LogP contribution is 2.07. The molecule has 0 amide bonds. The molecule has 0 aromatic carbocycles. The minimum Gasteiger partial charge on any atom is -0.296 e. The Hall–Kier alpha value is -1.45. The fourth-order valence-corrected chi connectivity index (χ4v) is 0.507. The smallest absolute Gasteiger partial charge is 0.190 e. The minimum atomic E-state index is -0.00870. The number of nitrogens with zero attached hydrogens (tertiary/aromatic N) is 1. The molecule has 0 radical (unpaired) electrons.